The summed E-state index contributed by atoms with van der Waals surface area (Å²) >= 11 is 0. The van der Waals surface area contributed by atoms with Crippen LogP contribution < -0.4 is 0 Å². The maximum atomic E-state index is 12.8. The van der Waals surface area contributed by atoms with Crippen molar-refractivity contribution in [3.63, 3.8) is 0 Å². The van der Waals surface area contributed by atoms with Gasteiger partial charge in [-0.2, -0.15) is 5.26 Å². The zero-order chi connectivity index (χ0) is 18.3. The lowest BCUT2D eigenvalue weighted by Crippen LogP contribution is -2.34. The summed E-state index contributed by atoms with van der Waals surface area (Å²) in [6.45, 7) is 0. The number of fused-ring (bicyclic) bond motifs is 3. The van der Waals surface area contributed by atoms with Gasteiger partial charge in [0, 0.05) is 11.1 Å². The highest BCUT2D eigenvalue weighted by Gasteiger charge is 2.44. The summed E-state index contributed by atoms with van der Waals surface area (Å²) < 4.78 is 25.4. The van der Waals surface area contributed by atoms with Crippen LogP contribution in [0.5, 0.6) is 0 Å². The van der Waals surface area contributed by atoms with E-state index in [0.717, 1.165) is 11.1 Å². The summed E-state index contributed by atoms with van der Waals surface area (Å²) in [7, 11) is -4.16. The molecule has 0 N–H and O–H groups in total. The molecular formula is C19H12N2O4S. The summed E-state index contributed by atoms with van der Waals surface area (Å²) in [5.74, 6) is -0.877. The van der Waals surface area contributed by atoms with Crippen molar-refractivity contribution in [2.45, 2.75) is 16.2 Å². The van der Waals surface area contributed by atoms with Crippen molar-refractivity contribution >= 4 is 27.4 Å². The van der Waals surface area contributed by atoms with Crippen LogP contribution in [0.25, 0.3) is 6.08 Å². The fourth-order valence-electron chi connectivity index (χ4n) is 3.08. The van der Waals surface area contributed by atoms with Gasteiger partial charge in [0.15, 0.2) is 11.8 Å². The van der Waals surface area contributed by atoms with E-state index in [2.05, 4.69) is 5.16 Å². The first-order chi connectivity index (χ1) is 12.5. The molecule has 2 unspecified atom stereocenters. The minimum absolute atomic E-state index is 0.0837. The Labute approximate surface area is 149 Å². The van der Waals surface area contributed by atoms with Crippen LogP contribution in [0.4, 0.5) is 0 Å². The molecule has 0 aromatic heterocycles. The number of sulfone groups is 1. The summed E-state index contributed by atoms with van der Waals surface area (Å²) in [4.78, 5) is 18.1. The van der Waals surface area contributed by atoms with Gasteiger partial charge in [0.05, 0.1) is 11.0 Å². The van der Waals surface area contributed by atoms with E-state index in [4.69, 9.17) is 4.84 Å². The first kappa shape index (κ1) is 16.2. The van der Waals surface area contributed by atoms with E-state index in [9.17, 15) is 18.5 Å². The van der Waals surface area contributed by atoms with Gasteiger partial charge in [-0.1, -0.05) is 47.6 Å². The lowest BCUT2D eigenvalue weighted by Gasteiger charge is -2.10. The maximum absolute atomic E-state index is 12.8. The minimum Gasteiger partial charge on any atom is -0.382 e. The van der Waals surface area contributed by atoms with Crippen molar-refractivity contribution in [2.24, 2.45) is 5.16 Å². The molecule has 2 aromatic carbocycles. The van der Waals surface area contributed by atoms with E-state index in [0.29, 0.717) is 5.57 Å². The molecule has 2 aromatic rings. The number of Topliss-reactive ketones (excluding diaryl/α,β-unsaturated/α-hetero) is 1. The van der Waals surface area contributed by atoms with Crippen molar-refractivity contribution in [1.29, 1.82) is 5.26 Å². The highest BCUT2D eigenvalue weighted by molar-refractivity contribution is 7.93. The van der Waals surface area contributed by atoms with Crippen LogP contribution in [0.15, 0.2) is 70.2 Å². The quantitative estimate of drug-likeness (QED) is 0.830. The Balaban J connectivity index is 1.69. The van der Waals surface area contributed by atoms with E-state index in [1.54, 1.807) is 18.2 Å². The number of carbonyl (C=O) groups is 1. The minimum atomic E-state index is -4.16. The molecule has 0 saturated heterocycles. The topological polar surface area (TPSA) is 96.6 Å². The molecule has 1 aliphatic heterocycles. The monoisotopic (exact) mass is 364 g/mol. The molecule has 128 valence electrons. The highest BCUT2D eigenvalue weighted by Crippen LogP contribution is 2.42. The summed E-state index contributed by atoms with van der Waals surface area (Å²) in [6, 6.07) is 16.5. The average Bonchev–Trinajstić information content (AvgIpc) is 3.22. The molecule has 4 rings (SSSR count). The molecule has 2 aliphatic rings. The zero-order valence-corrected chi connectivity index (χ0v) is 14.2. The Morgan fingerprint density at radius 3 is 2.54 bits per heavy atom. The van der Waals surface area contributed by atoms with Crippen molar-refractivity contribution in [3.8, 4) is 6.07 Å². The Morgan fingerprint density at radius 2 is 1.81 bits per heavy atom. The molecule has 0 spiro atoms. The molecule has 7 heteroatoms. The predicted molar refractivity (Wildman–Crippen MR) is 93.7 cm³/mol. The van der Waals surface area contributed by atoms with E-state index in [1.807, 2.05) is 24.3 Å². The first-order valence-electron chi connectivity index (χ1n) is 7.81. The van der Waals surface area contributed by atoms with Crippen LogP contribution in [-0.2, 0) is 19.5 Å². The van der Waals surface area contributed by atoms with Gasteiger partial charge in [-0.3, -0.25) is 4.79 Å². The second-order valence-corrected chi connectivity index (χ2v) is 7.92. The standard InChI is InChI=1S/C19H12N2O4S/c20-11-16(26(23,24)13-7-2-1-3-8-13)18(22)17-15-10-12-6-4-5-9-14(12)19(15)25-21-17/h1-10,16,19H. The van der Waals surface area contributed by atoms with E-state index < -0.39 is 27.0 Å². The van der Waals surface area contributed by atoms with Crippen molar-refractivity contribution in [3.05, 3.63) is 71.3 Å². The van der Waals surface area contributed by atoms with Crippen molar-refractivity contribution in [1.82, 2.24) is 0 Å². The smallest absolute Gasteiger partial charge is 0.217 e. The largest absolute Gasteiger partial charge is 0.382 e. The van der Waals surface area contributed by atoms with Gasteiger partial charge in [0.1, 0.15) is 0 Å². The Hall–Kier alpha value is -3.24. The zero-order valence-electron chi connectivity index (χ0n) is 13.4. The second kappa shape index (κ2) is 5.93. The molecule has 2 atom stereocenters. The van der Waals surface area contributed by atoms with Gasteiger partial charge in [-0.15, -0.1) is 0 Å². The van der Waals surface area contributed by atoms with Gasteiger partial charge < -0.3 is 4.84 Å². The van der Waals surface area contributed by atoms with Crippen molar-refractivity contribution in [2.75, 3.05) is 0 Å². The Morgan fingerprint density at radius 1 is 1.12 bits per heavy atom. The Kier molecular flexibility index (Phi) is 3.71. The number of rotatable bonds is 4. The average molecular weight is 364 g/mol. The molecule has 6 nitrogen and oxygen atoms in total. The highest BCUT2D eigenvalue weighted by atomic mass is 32.2. The third-order valence-corrected chi connectivity index (χ3v) is 6.23. The van der Waals surface area contributed by atoms with Crippen LogP contribution in [0.2, 0.25) is 0 Å². The molecule has 0 radical (unpaired) electrons. The third kappa shape index (κ3) is 2.35. The number of hydrogen-bond acceptors (Lipinski definition) is 6. The lowest BCUT2D eigenvalue weighted by molar-refractivity contribution is -0.111. The predicted octanol–water partition coefficient (Wildman–Crippen LogP) is 2.45. The number of nitriles is 1. The lowest BCUT2D eigenvalue weighted by atomic mass is 10.0. The molecule has 0 saturated carbocycles. The summed E-state index contributed by atoms with van der Waals surface area (Å²) in [5, 5.41) is 11.3. The van der Waals surface area contributed by atoms with Gasteiger partial charge in [0.2, 0.25) is 20.9 Å². The molecule has 0 amide bonds. The molecule has 0 bridgehead atoms. The molecule has 26 heavy (non-hydrogen) atoms. The Bertz CT molecular complexity index is 1110. The van der Waals surface area contributed by atoms with Crippen LogP contribution in [0.3, 0.4) is 0 Å². The number of nitrogens with zero attached hydrogens (tertiary/aromatic N) is 2. The molecular weight excluding hydrogens is 352 g/mol. The van der Waals surface area contributed by atoms with E-state index in [1.165, 1.54) is 24.3 Å². The maximum Gasteiger partial charge on any atom is 0.217 e. The molecule has 1 heterocycles. The van der Waals surface area contributed by atoms with E-state index in [-0.39, 0.29) is 10.6 Å². The van der Waals surface area contributed by atoms with Gasteiger partial charge in [-0.25, -0.2) is 8.42 Å². The van der Waals surface area contributed by atoms with Crippen LogP contribution in [0.1, 0.15) is 17.2 Å². The SMILES string of the molecule is N#CC(C(=O)C1=NOC2C1=Cc1ccccc12)S(=O)(=O)c1ccccc1. The number of oxime groups is 1. The van der Waals surface area contributed by atoms with Gasteiger partial charge in [0.25, 0.3) is 0 Å². The van der Waals surface area contributed by atoms with E-state index >= 15 is 0 Å². The third-order valence-electron chi connectivity index (χ3n) is 4.37. The van der Waals surface area contributed by atoms with Gasteiger partial charge >= 0.3 is 0 Å². The second-order valence-electron chi connectivity index (χ2n) is 5.89. The van der Waals surface area contributed by atoms with Gasteiger partial charge in [-0.05, 0) is 23.8 Å². The van der Waals surface area contributed by atoms with Crippen molar-refractivity contribution < 1.29 is 18.0 Å². The number of hydrogen-bond donors (Lipinski definition) is 0. The molecule has 1 aliphatic carbocycles. The van der Waals surface area contributed by atoms with Crippen LogP contribution >= 0.6 is 0 Å². The summed E-state index contributed by atoms with van der Waals surface area (Å²) in [6.07, 6.45) is 1.21. The number of ketones is 1. The number of carbonyl (C=O) groups excluding carboxylic acids is 1. The number of benzene rings is 2. The normalized spacial score (nSPS) is 18.7. The molecule has 0 fully saturated rings. The summed E-state index contributed by atoms with van der Waals surface area (Å²) in [5.41, 5.74) is 2.11. The fraction of sp³-hybridized carbons (Fsp3) is 0.105. The van der Waals surface area contributed by atoms with Crippen LogP contribution in [-0.4, -0.2) is 25.2 Å². The fourth-order valence-corrected chi connectivity index (χ4v) is 4.42. The van der Waals surface area contributed by atoms with Crippen LogP contribution in [0, 0.1) is 11.3 Å². The first-order valence-corrected chi connectivity index (χ1v) is 9.36.